The molecule has 0 fully saturated rings. The van der Waals surface area contributed by atoms with Gasteiger partial charge in [-0.05, 0) is 42.5 Å². The Balaban J connectivity index is 0.000000408. The molecule has 2 heterocycles. The van der Waals surface area contributed by atoms with Crippen molar-refractivity contribution in [1.82, 2.24) is 4.98 Å². The van der Waals surface area contributed by atoms with Crippen LogP contribution in [-0.2, 0) is 6.42 Å². The Kier molecular flexibility index (Phi) is 4.20. The lowest BCUT2D eigenvalue weighted by Gasteiger charge is -2.08. The molecule has 0 spiro atoms. The average molecular weight is 254 g/mol. The zero-order valence-electron chi connectivity index (χ0n) is 12.0. The number of nitrogens with zero attached hydrogens (tertiary/aromatic N) is 1. The van der Waals surface area contributed by atoms with E-state index in [0.717, 1.165) is 24.3 Å². The molecule has 1 aromatic carbocycles. The van der Waals surface area contributed by atoms with Crippen molar-refractivity contribution < 1.29 is 0 Å². The number of pyridine rings is 1. The van der Waals surface area contributed by atoms with Crippen molar-refractivity contribution >= 4 is 16.7 Å². The summed E-state index contributed by atoms with van der Waals surface area (Å²) in [6.07, 6.45) is 2.85. The normalized spacial score (nSPS) is 12.6. The highest BCUT2D eigenvalue weighted by Gasteiger charge is 2.12. The summed E-state index contributed by atoms with van der Waals surface area (Å²) in [5, 5.41) is 4.59. The van der Waals surface area contributed by atoms with Crippen molar-refractivity contribution in [3.05, 3.63) is 48.0 Å². The second kappa shape index (κ2) is 5.87. The molecule has 0 unspecified atom stereocenters. The van der Waals surface area contributed by atoms with E-state index in [1.807, 2.05) is 6.92 Å². The van der Waals surface area contributed by atoms with Gasteiger partial charge in [0.05, 0.1) is 5.52 Å². The molecule has 19 heavy (non-hydrogen) atoms. The van der Waals surface area contributed by atoms with Crippen LogP contribution in [0.15, 0.2) is 36.9 Å². The minimum Gasteiger partial charge on any atom is -0.369 e. The number of hydrogen-bond donors (Lipinski definition) is 1. The first-order valence-corrected chi connectivity index (χ1v) is 6.90. The van der Waals surface area contributed by atoms with Gasteiger partial charge >= 0.3 is 0 Å². The maximum absolute atomic E-state index is 4.69. The molecule has 1 aromatic heterocycles. The lowest BCUT2D eigenvalue weighted by molar-refractivity contribution is 0.868. The first kappa shape index (κ1) is 13.6. The van der Waals surface area contributed by atoms with Crippen LogP contribution in [0.2, 0.25) is 0 Å². The highest BCUT2D eigenvalue weighted by atomic mass is 15.0. The van der Waals surface area contributed by atoms with Gasteiger partial charge in [-0.3, -0.25) is 0 Å². The molecule has 3 rings (SSSR count). The minimum atomic E-state index is 0.562. The van der Waals surface area contributed by atoms with E-state index in [4.69, 9.17) is 0 Å². The Bertz CT molecular complexity index is 585. The number of fused-ring (bicyclic) bond motifs is 2. The monoisotopic (exact) mass is 254 g/mol. The SMILES string of the molecule is C=CC.CC(C)c1ccc2cc3c(nc2c1)NCC3. The first-order valence-electron chi connectivity index (χ1n) is 6.90. The van der Waals surface area contributed by atoms with Gasteiger partial charge in [0.2, 0.25) is 0 Å². The van der Waals surface area contributed by atoms with Gasteiger partial charge in [-0.1, -0.05) is 32.1 Å². The maximum atomic E-state index is 4.69. The second-order valence-electron chi connectivity index (χ2n) is 5.19. The minimum absolute atomic E-state index is 0.562. The van der Waals surface area contributed by atoms with Gasteiger partial charge in [-0.25, -0.2) is 4.98 Å². The van der Waals surface area contributed by atoms with Gasteiger partial charge in [-0.2, -0.15) is 0 Å². The van der Waals surface area contributed by atoms with E-state index in [0.29, 0.717) is 5.92 Å². The van der Waals surface area contributed by atoms with Crippen LogP contribution in [0.25, 0.3) is 10.9 Å². The number of aromatic nitrogens is 1. The molecule has 2 nitrogen and oxygen atoms in total. The van der Waals surface area contributed by atoms with Crippen molar-refractivity contribution in [1.29, 1.82) is 0 Å². The number of anilines is 1. The predicted molar refractivity (Wildman–Crippen MR) is 83.9 cm³/mol. The second-order valence-corrected chi connectivity index (χ2v) is 5.19. The lowest BCUT2D eigenvalue weighted by Crippen LogP contribution is -1.94. The van der Waals surface area contributed by atoms with Crippen molar-refractivity contribution in [2.45, 2.75) is 33.1 Å². The molecule has 1 aliphatic heterocycles. The van der Waals surface area contributed by atoms with Crippen LogP contribution in [0.3, 0.4) is 0 Å². The summed E-state index contributed by atoms with van der Waals surface area (Å²) in [5.74, 6) is 1.64. The molecule has 0 bridgehead atoms. The van der Waals surface area contributed by atoms with E-state index < -0.39 is 0 Å². The fourth-order valence-electron chi connectivity index (χ4n) is 2.25. The van der Waals surface area contributed by atoms with Gasteiger partial charge in [0.25, 0.3) is 0 Å². The molecule has 0 saturated heterocycles. The number of benzene rings is 1. The zero-order chi connectivity index (χ0) is 13.8. The Morgan fingerprint density at radius 1 is 1.32 bits per heavy atom. The molecule has 1 aliphatic rings. The fourth-order valence-corrected chi connectivity index (χ4v) is 2.25. The molecule has 0 radical (unpaired) electrons. The van der Waals surface area contributed by atoms with E-state index in [2.05, 4.69) is 55.0 Å². The molecule has 100 valence electrons. The van der Waals surface area contributed by atoms with Crippen LogP contribution in [-0.4, -0.2) is 11.5 Å². The maximum Gasteiger partial charge on any atom is 0.129 e. The van der Waals surface area contributed by atoms with Crippen LogP contribution in [0.5, 0.6) is 0 Å². The van der Waals surface area contributed by atoms with Crippen molar-refractivity contribution in [2.24, 2.45) is 0 Å². The molecule has 2 heteroatoms. The van der Waals surface area contributed by atoms with Gasteiger partial charge in [-0.15, -0.1) is 6.58 Å². The third-order valence-corrected chi connectivity index (χ3v) is 3.27. The first-order chi connectivity index (χ1) is 9.15. The van der Waals surface area contributed by atoms with E-state index in [9.17, 15) is 0 Å². The highest BCUT2D eigenvalue weighted by molar-refractivity contribution is 5.83. The number of hydrogen-bond acceptors (Lipinski definition) is 2. The van der Waals surface area contributed by atoms with Crippen LogP contribution >= 0.6 is 0 Å². The van der Waals surface area contributed by atoms with Crippen molar-refractivity contribution in [3.8, 4) is 0 Å². The summed E-state index contributed by atoms with van der Waals surface area (Å²) in [7, 11) is 0. The Morgan fingerprint density at radius 2 is 2.05 bits per heavy atom. The summed E-state index contributed by atoms with van der Waals surface area (Å²) in [6, 6.07) is 8.88. The smallest absolute Gasteiger partial charge is 0.129 e. The van der Waals surface area contributed by atoms with Crippen LogP contribution in [0.1, 0.15) is 37.8 Å². The van der Waals surface area contributed by atoms with Crippen molar-refractivity contribution in [2.75, 3.05) is 11.9 Å². The van der Waals surface area contributed by atoms with Gasteiger partial charge < -0.3 is 5.32 Å². The molecule has 0 saturated carbocycles. The molecular formula is C17H22N2. The van der Waals surface area contributed by atoms with E-state index >= 15 is 0 Å². The summed E-state index contributed by atoms with van der Waals surface area (Å²) in [6.45, 7) is 10.7. The Labute approximate surface area is 115 Å². The van der Waals surface area contributed by atoms with E-state index in [-0.39, 0.29) is 0 Å². The van der Waals surface area contributed by atoms with Crippen molar-refractivity contribution in [3.63, 3.8) is 0 Å². The van der Waals surface area contributed by atoms with Gasteiger partial charge in [0.15, 0.2) is 0 Å². The number of nitrogens with one attached hydrogen (secondary N) is 1. The average Bonchev–Trinajstić information content (AvgIpc) is 2.83. The predicted octanol–water partition coefficient (Wildman–Crippen LogP) is 4.52. The summed E-state index contributed by atoms with van der Waals surface area (Å²) >= 11 is 0. The highest BCUT2D eigenvalue weighted by Crippen LogP contribution is 2.26. The quantitative estimate of drug-likeness (QED) is 0.757. The third kappa shape index (κ3) is 2.95. The molecular weight excluding hydrogens is 232 g/mol. The Hall–Kier alpha value is -1.83. The Morgan fingerprint density at radius 3 is 2.74 bits per heavy atom. The van der Waals surface area contributed by atoms with Crippen LogP contribution in [0.4, 0.5) is 5.82 Å². The number of rotatable bonds is 1. The number of allylic oxidation sites excluding steroid dienone is 1. The molecule has 2 aromatic rings. The van der Waals surface area contributed by atoms with E-state index in [1.54, 1.807) is 6.08 Å². The molecule has 0 atom stereocenters. The summed E-state index contributed by atoms with van der Waals surface area (Å²) < 4.78 is 0. The van der Waals surface area contributed by atoms with E-state index in [1.165, 1.54) is 16.5 Å². The standard InChI is InChI=1S/C14H16N2.C3H6/c1-9(2)10-3-4-11-7-12-5-6-15-14(12)16-13(11)8-10;1-3-2/h3-4,7-9H,5-6H2,1-2H3,(H,15,16);3H,1H2,2H3. The summed E-state index contributed by atoms with van der Waals surface area (Å²) in [4.78, 5) is 4.69. The van der Waals surface area contributed by atoms with Gasteiger partial charge in [0, 0.05) is 11.9 Å². The van der Waals surface area contributed by atoms with Crippen LogP contribution < -0.4 is 5.32 Å². The molecule has 1 N–H and O–H groups in total. The largest absolute Gasteiger partial charge is 0.369 e. The van der Waals surface area contributed by atoms with Crippen LogP contribution in [0, 0.1) is 0 Å². The molecule has 0 amide bonds. The fraction of sp³-hybridized carbons (Fsp3) is 0.353. The third-order valence-electron chi connectivity index (χ3n) is 3.27. The molecule has 0 aliphatic carbocycles. The van der Waals surface area contributed by atoms with Gasteiger partial charge in [0.1, 0.15) is 5.82 Å². The summed E-state index contributed by atoms with van der Waals surface area (Å²) in [5.41, 5.74) is 3.82. The zero-order valence-corrected chi connectivity index (χ0v) is 12.0. The topological polar surface area (TPSA) is 24.9 Å². The lowest BCUT2D eigenvalue weighted by atomic mass is 10.0.